The minimum absolute atomic E-state index is 0.0637. The number of hydrogen-bond acceptors (Lipinski definition) is 7. The average molecular weight is 410 g/mol. The van der Waals surface area contributed by atoms with Gasteiger partial charge in [0.2, 0.25) is 11.9 Å². The molecule has 1 amide bonds. The quantitative estimate of drug-likeness (QED) is 0.562. The number of aromatic nitrogens is 4. The molecule has 1 fully saturated rings. The molecule has 0 unspecified atom stereocenters. The number of nitrogens with two attached hydrogens (primary N) is 2. The van der Waals surface area contributed by atoms with Gasteiger partial charge in [-0.25, -0.2) is 9.37 Å². The van der Waals surface area contributed by atoms with Crippen molar-refractivity contribution in [2.75, 3.05) is 34.8 Å². The van der Waals surface area contributed by atoms with Crippen molar-refractivity contribution in [2.45, 2.75) is 12.8 Å². The van der Waals surface area contributed by atoms with E-state index < -0.39 is 5.82 Å². The summed E-state index contributed by atoms with van der Waals surface area (Å²) in [7, 11) is 1.77. The standard InChI is InChI=1S/C20H23FN8O/c1-28-17(6-7-24-28)26-19(30)13-3-2-8-29(11-13)18-10-16(25-20(23)27-18)12-4-5-15(22)14(21)9-12/h4-7,9-10,13H,2-3,8,11,22H2,1H3,(H,26,30)(H2,23,25,27)/t13-/m0/s1. The minimum Gasteiger partial charge on any atom is -0.396 e. The molecule has 156 valence electrons. The molecular weight excluding hydrogens is 387 g/mol. The van der Waals surface area contributed by atoms with Crippen molar-refractivity contribution in [2.24, 2.45) is 13.0 Å². The number of hydrogen-bond donors (Lipinski definition) is 3. The number of piperidine rings is 1. The van der Waals surface area contributed by atoms with E-state index in [-0.39, 0.29) is 23.5 Å². The molecule has 10 heteroatoms. The van der Waals surface area contributed by atoms with Crippen LogP contribution in [0.25, 0.3) is 11.3 Å². The number of anilines is 4. The van der Waals surface area contributed by atoms with Crippen molar-refractivity contribution < 1.29 is 9.18 Å². The lowest BCUT2D eigenvalue weighted by Crippen LogP contribution is -2.41. The number of rotatable bonds is 4. The number of carbonyl (C=O) groups is 1. The molecule has 0 aliphatic carbocycles. The topological polar surface area (TPSA) is 128 Å². The Labute approximate surface area is 172 Å². The third-order valence-corrected chi connectivity index (χ3v) is 5.21. The first-order valence-corrected chi connectivity index (χ1v) is 9.64. The molecule has 5 N–H and O–H groups in total. The van der Waals surface area contributed by atoms with Crippen molar-refractivity contribution in [1.82, 2.24) is 19.7 Å². The van der Waals surface area contributed by atoms with Gasteiger partial charge in [-0.05, 0) is 25.0 Å². The highest BCUT2D eigenvalue weighted by Gasteiger charge is 2.27. The second-order valence-electron chi connectivity index (χ2n) is 7.32. The maximum absolute atomic E-state index is 13.9. The zero-order valence-electron chi connectivity index (χ0n) is 16.5. The second kappa shape index (κ2) is 7.97. The van der Waals surface area contributed by atoms with Gasteiger partial charge in [-0.15, -0.1) is 0 Å². The van der Waals surface area contributed by atoms with Crippen LogP contribution in [0.1, 0.15) is 12.8 Å². The van der Waals surface area contributed by atoms with Gasteiger partial charge in [-0.2, -0.15) is 10.1 Å². The van der Waals surface area contributed by atoms with Gasteiger partial charge in [0.15, 0.2) is 0 Å². The molecule has 1 aromatic carbocycles. The van der Waals surface area contributed by atoms with E-state index in [9.17, 15) is 9.18 Å². The van der Waals surface area contributed by atoms with Gasteiger partial charge in [-0.3, -0.25) is 9.48 Å². The smallest absolute Gasteiger partial charge is 0.230 e. The van der Waals surface area contributed by atoms with Crippen molar-refractivity contribution in [1.29, 1.82) is 0 Å². The third-order valence-electron chi connectivity index (χ3n) is 5.21. The minimum atomic E-state index is -0.517. The van der Waals surface area contributed by atoms with Crippen LogP contribution in [-0.2, 0) is 11.8 Å². The fraction of sp³-hybridized carbons (Fsp3) is 0.300. The van der Waals surface area contributed by atoms with E-state index in [1.165, 1.54) is 12.1 Å². The summed E-state index contributed by atoms with van der Waals surface area (Å²) in [6.07, 6.45) is 3.24. The Morgan fingerprint density at radius 1 is 1.23 bits per heavy atom. The Morgan fingerprint density at radius 3 is 2.80 bits per heavy atom. The summed E-state index contributed by atoms with van der Waals surface area (Å²) in [6.45, 7) is 1.23. The number of nitrogen functional groups attached to an aromatic ring is 2. The van der Waals surface area contributed by atoms with Crippen LogP contribution in [0.4, 0.5) is 27.7 Å². The van der Waals surface area contributed by atoms with Crippen LogP contribution < -0.4 is 21.7 Å². The van der Waals surface area contributed by atoms with E-state index in [1.807, 2.05) is 4.90 Å². The zero-order chi connectivity index (χ0) is 21.3. The van der Waals surface area contributed by atoms with E-state index in [0.717, 1.165) is 19.4 Å². The highest BCUT2D eigenvalue weighted by molar-refractivity contribution is 5.92. The first-order chi connectivity index (χ1) is 14.4. The van der Waals surface area contributed by atoms with E-state index in [2.05, 4.69) is 20.4 Å². The predicted octanol–water partition coefficient (Wildman–Crippen LogP) is 2.04. The number of nitrogens with one attached hydrogen (secondary N) is 1. The van der Waals surface area contributed by atoms with E-state index in [0.29, 0.717) is 29.4 Å². The van der Waals surface area contributed by atoms with Crippen LogP contribution in [-0.4, -0.2) is 38.7 Å². The van der Waals surface area contributed by atoms with Crippen molar-refractivity contribution >= 4 is 29.2 Å². The first-order valence-electron chi connectivity index (χ1n) is 9.64. The molecule has 3 heterocycles. The van der Waals surface area contributed by atoms with E-state index in [1.54, 1.807) is 36.1 Å². The number of carbonyl (C=O) groups excluding carboxylic acids is 1. The Kier molecular flexibility index (Phi) is 5.21. The molecule has 2 aromatic heterocycles. The van der Waals surface area contributed by atoms with Gasteiger partial charge in [-0.1, -0.05) is 6.07 Å². The van der Waals surface area contributed by atoms with Gasteiger partial charge >= 0.3 is 0 Å². The Bertz CT molecular complexity index is 1080. The molecule has 0 saturated carbocycles. The summed E-state index contributed by atoms with van der Waals surface area (Å²) in [5, 5.41) is 6.98. The Morgan fingerprint density at radius 2 is 2.07 bits per heavy atom. The summed E-state index contributed by atoms with van der Waals surface area (Å²) in [5.41, 5.74) is 12.6. The van der Waals surface area contributed by atoms with E-state index in [4.69, 9.17) is 11.5 Å². The monoisotopic (exact) mass is 410 g/mol. The van der Waals surface area contributed by atoms with Gasteiger partial charge < -0.3 is 21.7 Å². The molecule has 1 aliphatic rings. The molecule has 1 atom stereocenters. The van der Waals surface area contributed by atoms with E-state index >= 15 is 0 Å². The first kappa shape index (κ1) is 19.6. The predicted molar refractivity (Wildman–Crippen MR) is 113 cm³/mol. The number of aryl methyl sites for hydroxylation is 1. The van der Waals surface area contributed by atoms with Crippen molar-refractivity contribution in [3.63, 3.8) is 0 Å². The number of nitrogens with zero attached hydrogens (tertiary/aromatic N) is 5. The van der Waals surface area contributed by atoms with Crippen LogP contribution in [0.2, 0.25) is 0 Å². The second-order valence-corrected chi connectivity index (χ2v) is 7.32. The van der Waals surface area contributed by atoms with Crippen molar-refractivity contribution in [3.05, 3.63) is 42.3 Å². The Hall–Kier alpha value is -3.69. The lowest BCUT2D eigenvalue weighted by molar-refractivity contribution is -0.120. The van der Waals surface area contributed by atoms with Crippen LogP contribution in [0, 0.1) is 11.7 Å². The fourth-order valence-corrected chi connectivity index (χ4v) is 3.57. The van der Waals surface area contributed by atoms with Crippen LogP contribution in [0.3, 0.4) is 0 Å². The highest BCUT2D eigenvalue weighted by atomic mass is 19.1. The third kappa shape index (κ3) is 4.02. The number of amides is 1. The molecule has 0 bridgehead atoms. The molecule has 3 aromatic rings. The largest absolute Gasteiger partial charge is 0.396 e. The Balaban J connectivity index is 1.54. The van der Waals surface area contributed by atoms with Crippen LogP contribution >= 0.6 is 0 Å². The van der Waals surface area contributed by atoms with Gasteiger partial charge in [0, 0.05) is 37.8 Å². The highest BCUT2D eigenvalue weighted by Crippen LogP contribution is 2.28. The maximum Gasteiger partial charge on any atom is 0.230 e. The number of benzene rings is 1. The maximum atomic E-state index is 13.9. The zero-order valence-corrected chi connectivity index (χ0v) is 16.5. The summed E-state index contributed by atoms with van der Waals surface area (Å²) in [6, 6.07) is 8.00. The van der Waals surface area contributed by atoms with Crippen LogP contribution in [0.15, 0.2) is 36.5 Å². The lowest BCUT2D eigenvalue weighted by Gasteiger charge is -2.33. The SMILES string of the molecule is Cn1nccc1NC(=O)[C@H]1CCCN(c2cc(-c3ccc(N)c(F)c3)nc(N)n2)C1. The summed E-state index contributed by atoms with van der Waals surface area (Å²) >= 11 is 0. The molecule has 30 heavy (non-hydrogen) atoms. The van der Waals surface area contributed by atoms with Gasteiger partial charge in [0.1, 0.15) is 17.5 Å². The number of halogens is 1. The van der Waals surface area contributed by atoms with Crippen LogP contribution in [0.5, 0.6) is 0 Å². The summed E-state index contributed by atoms with van der Waals surface area (Å²) in [4.78, 5) is 23.3. The summed E-state index contributed by atoms with van der Waals surface area (Å²) in [5.74, 6) is 0.551. The molecule has 1 aliphatic heterocycles. The lowest BCUT2D eigenvalue weighted by atomic mass is 9.97. The molecule has 1 saturated heterocycles. The van der Waals surface area contributed by atoms with Crippen molar-refractivity contribution in [3.8, 4) is 11.3 Å². The average Bonchev–Trinajstić information content (AvgIpc) is 3.14. The molecule has 9 nitrogen and oxygen atoms in total. The molecular formula is C20H23FN8O. The molecule has 4 rings (SSSR count). The van der Waals surface area contributed by atoms with Gasteiger partial charge in [0.05, 0.1) is 23.5 Å². The molecule has 0 radical (unpaired) electrons. The molecule has 0 spiro atoms. The fourth-order valence-electron chi connectivity index (χ4n) is 3.57. The normalized spacial score (nSPS) is 16.5. The van der Waals surface area contributed by atoms with Gasteiger partial charge in [0.25, 0.3) is 0 Å². The summed E-state index contributed by atoms with van der Waals surface area (Å²) < 4.78 is 15.5.